The lowest BCUT2D eigenvalue weighted by molar-refractivity contribution is 0.310. The Morgan fingerprint density at radius 1 is 1.22 bits per heavy atom. The number of halogens is 2. The van der Waals surface area contributed by atoms with Gasteiger partial charge in [0.15, 0.2) is 0 Å². The van der Waals surface area contributed by atoms with Crippen molar-refractivity contribution in [2.75, 3.05) is 23.7 Å². The van der Waals surface area contributed by atoms with Gasteiger partial charge in [0.05, 0.1) is 15.8 Å². The van der Waals surface area contributed by atoms with Gasteiger partial charge in [-0.2, -0.15) is 0 Å². The van der Waals surface area contributed by atoms with Crippen LogP contribution < -0.4 is 10.6 Å². The first-order valence-electron chi connectivity index (χ1n) is 6.32. The topological polar surface area (TPSA) is 24.1 Å². The smallest absolute Gasteiger partial charge is 0.139 e. The molecule has 0 fully saturated rings. The minimum absolute atomic E-state index is 0.225. The molecule has 2 N–H and O–H groups in total. The molecule has 0 aliphatic carbocycles. The molecule has 0 spiro atoms. The zero-order valence-electron chi connectivity index (χ0n) is 11.1. The summed E-state index contributed by atoms with van der Waals surface area (Å²) in [5.41, 5.74) is 2.14. The normalized spacial score (nSPS) is 19.5. The summed E-state index contributed by atoms with van der Waals surface area (Å²) in [7, 11) is 0. The Hall–Kier alpha value is -0.770. The number of hydrogen-bond donors (Lipinski definition) is 2. The number of anilines is 2. The van der Waals surface area contributed by atoms with Gasteiger partial charge in [-0.25, -0.2) is 4.39 Å². The van der Waals surface area contributed by atoms with E-state index in [1.54, 1.807) is 12.1 Å². The zero-order valence-corrected chi connectivity index (χ0v) is 12.7. The van der Waals surface area contributed by atoms with Crippen LogP contribution in [-0.2, 0) is 0 Å². The van der Waals surface area contributed by atoms with E-state index in [4.69, 9.17) is 0 Å². The molecule has 2 nitrogen and oxygen atoms in total. The minimum Gasteiger partial charge on any atom is -0.383 e. The molecule has 1 aliphatic heterocycles. The number of benzene rings is 1. The van der Waals surface area contributed by atoms with Gasteiger partial charge >= 0.3 is 0 Å². The van der Waals surface area contributed by atoms with E-state index in [9.17, 15) is 4.39 Å². The molecule has 0 bridgehead atoms. The maximum Gasteiger partial charge on any atom is 0.139 e. The largest absolute Gasteiger partial charge is 0.383 e. The molecular formula is C14H20BrFN2. The van der Waals surface area contributed by atoms with E-state index in [-0.39, 0.29) is 5.82 Å². The Kier molecular flexibility index (Phi) is 3.85. The van der Waals surface area contributed by atoms with Crippen LogP contribution in [0.5, 0.6) is 0 Å². The van der Waals surface area contributed by atoms with E-state index in [0.717, 1.165) is 30.9 Å². The van der Waals surface area contributed by atoms with Crippen molar-refractivity contribution in [3.05, 3.63) is 22.4 Å². The van der Waals surface area contributed by atoms with Gasteiger partial charge in [0.1, 0.15) is 5.82 Å². The van der Waals surface area contributed by atoms with E-state index in [2.05, 4.69) is 47.3 Å². The summed E-state index contributed by atoms with van der Waals surface area (Å²) < 4.78 is 14.0. The third kappa shape index (κ3) is 3.37. The van der Waals surface area contributed by atoms with Crippen LogP contribution in [0.4, 0.5) is 15.8 Å². The fourth-order valence-corrected chi connectivity index (χ4v) is 2.77. The van der Waals surface area contributed by atoms with Crippen molar-refractivity contribution in [1.29, 1.82) is 0 Å². The highest BCUT2D eigenvalue weighted by Crippen LogP contribution is 2.33. The maximum absolute atomic E-state index is 13.5. The third-order valence-electron chi connectivity index (χ3n) is 3.12. The van der Waals surface area contributed by atoms with Crippen molar-refractivity contribution < 1.29 is 4.39 Å². The van der Waals surface area contributed by atoms with Crippen LogP contribution in [0.15, 0.2) is 16.6 Å². The number of hydrogen-bond acceptors (Lipinski definition) is 2. The molecule has 1 aliphatic rings. The second-order valence-electron chi connectivity index (χ2n) is 6.20. The summed E-state index contributed by atoms with van der Waals surface area (Å²) >= 11 is 3.22. The molecule has 0 amide bonds. The first kappa shape index (κ1) is 13.7. The average molecular weight is 315 g/mol. The summed E-state index contributed by atoms with van der Waals surface area (Å²) in [4.78, 5) is 0. The fraction of sp³-hybridized carbons (Fsp3) is 0.571. The molecule has 1 aromatic carbocycles. The SMILES string of the molecule is CC(C)(C)CC1CNc2cc(F)c(Br)cc2NC1. The third-order valence-corrected chi connectivity index (χ3v) is 3.73. The van der Waals surface area contributed by atoms with Gasteiger partial charge in [-0.05, 0) is 39.8 Å². The zero-order chi connectivity index (χ0) is 13.3. The predicted molar refractivity (Wildman–Crippen MR) is 78.6 cm³/mol. The summed E-state index contributed by atoms with van der Waals surface area (Å²) in [6.07, 6.45) is 1.14. The summed E-state index contributed by atoms with van der Waals surface area (Å²) in [6, 6.07) is 3.35. The Labute approximate surface area is 116 Å². The summed E-state index contributed by atoms with van der Waals surface area (Å²) in [6.45, 7) is 8.57. The quantitative estimate of drug-likeness (QED) is 0.798. The van der Waals surface area contributed by atoms with Gasteiger partial charge < -0.3 is 10.6 Å². The Balaban J connectivity index is 2.12. The first-order chi connectivity index (χ1) is 8.35. The summed E-state index contributed by atoms with van der Waals surface area (Å²) in [5.74, 6) is 0.330. The van der Waals surface area contributed by atoms with Crippen molar-refractivity contribution in [2.45, 2.75) is 27.2 Å². The number of nitrogens with one attached hydrogen (secondary N) is 2. The van der Waals surface area contributed by atoms with Crippen molar-refractivity contribution in [3.8, 4) is 0 Å². The average Bonchev–Trinajstić information content (AvgIpc) is 2.41. The highest BCUT2D eigenvalue weighted by Gasteiger charge is 2.22. The van der Waals surface area contributed by atoms with Crippen LogP contribution in [0.2, 0.25) is 0 Å². The lowest BCUT2D eigenvalue weighted by Gasteiger charge is -2.25. The molecule has 1 aromatic rings. The predicted octanol–water partition coefficient (Wildman–Crippen LogP) is 4.48. The molecule has 0 saturated heterocycles. The van der Waals surface area contributed by atoms with Crippen molar-refractivity contribution in [3.63, 3.8) is 0 Å². The fourth-order valence-electron chi connectivity index (χ4n) is 2.43. The van der Waals surface area contributed by atoms with Gasteiger partial charge in [-0.15, -0.1) is 0 Å². The molecule has 4 heteroatoms. The molecule has 1 heterocycles. The van der Waals surface area contributed by atoms with E-state index < -0.39 is 0 Å². The van der Waals surface area contributed by atoms with Crippen LogP contribution in [0.25, 0.3) is 0 Å². The maximum atomic E-state index is 13.5. The molecule has 100 valence electrons. The van der Waals surface area contributed by atoms with Crippen LogP contribution in [0, 0.1) is 17.2 Å². The molecule has 1 unspecified atom stereocenters. The van der Waals surface area contributed by atoms with Crippen LogP contribution in [-0.4, -0.2) is 13.1 Å². The van der Waals surface area contributed by atoms with Crippen molar-refractivity contribution >= 4 is 27.3 Å². The van der Waals surface area contributed by atoms with Crippen LogP contribution >= 0.6 is 15.9 Å². The molecular weight excluding hydrogens is 295 g/mol. The van der Waals surface area contributed by atoms with Crippen LogP contribution in [0.3, 0.4) is 0 Å². The number of rotatable bonds is 1. The lowest BCUT2D eigenvalue weighted by atomic mass is 9.84. The van der Waals surface area contributed by atoms with Crippen molar-refractivity contribution in [1.82, 2.24) is 0 Å². The highest BCUT2D eigenvalue weighted by atomic mass is 79.9. The molecule has 0 aromatic heterocycles. The molecule has 18 heavy (non-hydrogen) atoms. The Morgan fingerprint density at radius 2 is 1.78 bits per heavy atom. The van der Waals surface area contributed by atoms with E-state index in [1.807, 2.05) is 0 Å². The van der Waals surface area contributed by atoms with Gasteiger partial charge in [0, 0.05) is 19.2 Å². The van der Waals surface area contributed by atoms with Gasteiger partial charge in [0.25, 0.3) is 0 Å². The van der Waals surface area contributed by atoms with Gasteiger partial charge in [-0.1, -0.05) is 20.8 Å². The van der Waals surface area contributed by atoms with Gasteiger partial charge in [0.2, 0.25) is 0 Å². The Bertz CT molecular complexity index is 407. The second-order valence-corrected chi connectivity index (χ2v) is 7.06. The summed E-state index contributed by atoms with van der Waals surface area (Å²) in [5, 5.41) is 6.75. The van der Waals surface area contributed by atoms with Gasteiger partial charge in [-0.3, -0.25) is 0 Å². The lowest BCUT2D eigenvalue weighted by Crippen LogP contribution is -2.24. The second kappa shape index (κ2) is 5.08. The van der Waals surface area contributed by atoms with Crippen molar-refractivity contribution in [2.24, 2.45) is 11.3 Å². The van der Waals surface area contributed by atoms with Crippen LogP contribution in [0.1, 0.15) is 27.2 Å². The van der Waals surface area contributed by atoms with E-state index >= 15 is 0 Å². The minimum atomic E-state index is -0.225. The standard InChI is InChI=1S/C14H20BrFN2/c1-14(2,3)6-9-7-17-12-4-10(15)11(16)5-13(12)18-8-9/h4-5,9,17-18H,6-8H2,1-3H3. The molecule has 2 rings (SSSR count). The molecule has 1 atom stereocenters. The first-order valence-corrected chi connectivity index (χ1v) is 7.11. The Morgan fingerprint density at radius 3 is 2.33 bits per heavy atom. The van der Waals surface area contributed by atoms with E-state index in [0.29, 0.717) is 15.8 Å². The highest BCUT2D eigenvalue weighted by molar-refractivity contribution is 9.10. The van der Waals surface area contributed by atoms with E-state index in [1.165, 1.54) is 0 Å². The molecule has 0 saturated carbocycles. The monoisotopic (exact) mass is 314 g/mol. The molecule has 0 radical (unpaired) electrons. The number of fused-ring (bicyclic) bond motifs is 1.